The smallest absolute Gasteiger partial charge is 0.292 e. The Hall–Kier alpha value is -4.76. The van der Waals surface area contributed by atoms with E-state index in [4.69, 9.17) is 14.0 Å². The molecule has 3 N–H and O–H groups in total. The van der Waals surface area contributed by atoms with Gasteiger partial charge in [-0.1, -0.05) is 41.7 Å². The summed E-state index contributed by atoms with van der Waals surface area (Å²) in [6.45, 7) is 0. The number of carbonyl (C=O) groups excluding carboxylic acids is 1. The number of amides is 1. The van der Waals surface area contributed by atoms with E-state index >= 15 is 0 Å². The number of nitrogens with zero attached hydrogens (tertiary/aromatic N) is 2. The van der Waals surface area contributed by atoms with Crippen LogP contribution in [-0.2, 0) is 10.0 Å². The van der Waals surface area contributed by atoms with Crippen molar-refractivity contribution in [2.24, 2.45) is 5.14 Å². The summed E-state index contributed by atoms with van der Waals surface area (Å²) in [5.74, 6) is 0.582. The Balaban J connectivity index is 1.47. The molecule has 5 rings (SSSR count). The van der Waals surface area contributed by atoms with Crippen LogP contribution in [0.25, 0.3) is 34.2 Å². The molecule has 0 aliphatic rings. The minimum absolute atomic E-state index is 0.00683. The molecule has 11 heteroatoms. The maximum Gasteiger partial charge on any atom is 0.292 e. The lowest BCUT2D eigenvalue weighted by Crippen LogP contribution is -2.11. The fourth-order valence-electron chi connectivity index (χ4n) is 3.56. The molecule has 9 nitrogen and oxygen atoms in total. The van der Waals surface area contributed by atoms with Crippen molar-refractivity contribution in [3.8, 4) is 28.7 Å². The van der Waals surface area contributed by atoms with E-state index in [9.17, 15) is 18.5 Å². The highest BCUT2D eigenvalue weighted by Gasteiger charge is 2.20. The van der Waals surface area contributed by atoms with E-state index in [1.807, 2.05) is 30.3 Å². The van der Waals surface area contributed by atoms with Gasteiger partial charge in [0.2, 0.25) is 10.0 Å². The first kappa shape index (κ1) is 24.9. The molecule has 2 aromatic carbocycles. The fourth-order valence-corrected chi connectivity index (χ4v) is 5.03. The molecule has 0 unspecified atom stereocenters. The molecule has 0 aliphatic carbocycles. The topological polar surface area (TPSA) is 152 Å². The number of allylic oxidation sites excluding steroid dienone is 1. The van der Waals surface area contributed by atoms with E-state index < -0.39 is 15.9 Å². The monoisotopic (exact) mass is 542 g/mol. The molecular formula is C27H18N4O5S2. The highest BCUT2D eigenvalue weighted by atomic mass is 32.2. The Morgan fingerprint density at radius 2 is 1.76 bits per heavy atom. The molecule has 0 spiro atoms. The molecular weight excluding hydrogens is 524 g/mol. The van der Waals surface area contributed by atoms with Crippen LogP contribution in [-0.4, -0.2) is 19.3 Å². The zero-order valence-electron chi connectivity index (χ0n) is 19.5. The first-order chi connectivity index (χ1) is 18.3. The molecule has 0 atom stereocenters. The minimum Gasteiger partial charge on any atom is -0.459 e. The zero-order chi connectivity index (χ0) is 26.7. The summed E-state index contributed by atoms with van der Waals surface area (Å²) in [5.41, 5.74) is 2.15. The molecule has 1 amide bonds. The summed E-state index contributed by atoms with van der Waals surface area (Å²) < 4.78 is 34.0. The van der Waals surface area contributed by atoms with E-state index in [1.54, 1.807) is 42.5 Å². The largest absolute Gasteiger partial charge is 0.459 e. The van der Waals surface area contributed by atoms with E-state index in [2.05, 4.69) is 16.4 Å². The van der Waals surface area contributed by atoms with Crippen LogP contribution >= 0.6 is 11.3 Å². The van der Waals surface area contributed by atoms with Gasteiger partial charge in [0.15, 0.2) is 5.76 Å². The zero-order valence-corrected chi connectivity index (χ0v) is 21.1. The van der Waals surface area contributed by atoms with Gasteiger partial charge in [-0.2, -0.15) is 5.26 Å². The quantitative estimate of drug-likeness (QED) is 0.253. The van der Waals surface area contributed by atoms with Gasteiger partial charge in [-0.25, -0.2) is 18.5 Å². The van der Waals surface area contributed by atoms with Gasteiger partial charge in [0.1, 0.15) is 33.3 Å². The number of hydrogen-bond donors (Lipinski definition) is 2. The SMILES string of the molecule is N#CC(=Cc1ccc(-c2ccc(S(N)(=O)=O)cc2)o1)c1nc(-c2ccccc2)c(NC(=O)c2ccco2)s1. The number of nitrogens with two attached hydrogens (primary N) is 1. The van der Waals surface area contributed by atoms with Crippen molar-refractivity contribution in [1.29, 1.82) is 5.26 Å². The number of benzene rings is 2. The number of nitriles is 1. The second-order valence-electron chi connectivity index (χ2n) is 7.94. The number of primary sulfonamides is 1. The van der Waals surface area contributed by atoms with Crippen molar-refractivity contribution in [3.05, 3.63) is 102 Å². The number of nitrogens with one attached hydrogen (secondary N) is 1. The molecule has 0 radical (unpaired) electrons. The predicted octanol–water partition coefficient (Wildman–Crippen LogP) is 5.63. The number of thiazole rings is 1. The van der Waals surface area contributed by atoms with Crippen LogP contribution in [0.3, 0.4) is 0 Å². The highest BCUT2D eigenvalue weighted by molar-refractivity contribution is 7.89. The number of furan rings is 2. The van der Waals surface area contributed by atoms with Crippen LogP contribution in [0, 0.1) is 11.3 Å². The number of sulfonamides is 1. The van der Waals surface area contributed by atoms with Gasteiger partial charge < -0.3 is 14.2 Å². The van der Waals surface area contributed by atoms with Gasteiger partial charge in [0.25, 0.3) is 5.91 Å². The molecule has 3 aromatic heterocycles. The number of hydrogen-bond acceptors (Lipinski definition) is 8. The normalized spacial score (nSPS) is 11.7. The fraction of sp³-hybridized carbons (Fsp3) is 0. The van der Waals surface area contributed by atoms with Crippen LogP contribution in [0.1, 0.15) is 21.3 Å². The van der Waals surface area contributed by atoms with Crippen LogP contribution in [0.4, 0.5) is 5.00 Å². The average Bonchev–Trinajstić information content (AvgIpc) is 3.69. The predicted molar refractivity (Wildman–Crippen MR) is 143 cm³/mol. The van der Waals surface area contributed by atoms with Gasteiger partial charge >= 0.3 is 0 Å². The molecule has 38 heavy (non-hydrogen) atoms. The van der Waals surface area contributed by atoms with Gasteiger partial charge in [0, 0.05) is 17.2 Å². The second kappa shape index (κ2) is 10.3. The van der Waals surface area contributed by atoms with Gasteiger partial charge in [0.05, 0.1) is 16.7 Å². The first-order valence-corrected chi connectivity index (χ1v) is 13.4. The second-order valence-corrected chi connectivity index (χ2v) is 10.5. The third-order valence-corrected chi connectivity index (χ3v) is 7.31. The number of aromatic nitrogens is 1. The molecule has 3 heterocycles. The number of rotatable bonds is 7. The van der Waals surface area contributed by atoms with Crippen molar-refractivity contribution in [3.63, 3.8) is 0 Å². The van der Waals surface area contributed by atoms with Crippen molar-refractivity contribution >= 4 is 43.9 Å². The van der Waals surface area contributed by atoms with E-state index in [1.165, 1.54) is 18.4 Å². The lowest BCUT2D eigenvalue weighted by atomic mass is 10.1. The van der Waals surface area contributed by atoms with E-state index in [-0.39, 0.29) is 16.2 Å². The lowest BCUT2D eigenvalue weighted by molar-refractivity contribution is 0.0997. The van der Waals surface area contributed by atoms with Gasteiger partial charge in [-0.05, 0) is 48.5 Å². The Bertz CT molecular complexity index is 1780. The summed E-state index contributed by atoms with van der Waals surface area (Å²) >= 11 is 1.15. The molecule has 5 aromatic rings. The molecule has 0 saturated heterocycles. The third kappa shape index (κ3) is 5.33. The summed E-state index contributed by atoms with van der Waals surface area (Å²) in [6, 6.07) is 24.0. The molecule has 0 bridgehead atoms. The maximum absolute atomic E-state index is 12.7. The summed E-state index contributed by atoms with van der Waals surface area (Å²) in [7, 11) is -3.80. The Morgan fingerprint density at radius 1 is 1.00 bits per heavy atom. The Kier molecular flexibility index (Phi) is 6.76. The standard InChI is InChI=1S/C27H18N4O5S2/c28-16-19(15-20-10-13-22(36-20)17-8-11-21(12-9-17)38(29,33)34)26-30-24(18-5-2-1-3-6-18)27(37-26)31-25(32)23-7-4-14-35-23/h1-15H,(H,31,32)(H2,29,33,34). The Morgan fingerprint density at radius 3 is 2.42 bits per heavy atom. The first-order valence-electron chi connectivity index (χ1n) is 11.1. The number of anilines is 1. The molecule has 188 valence electrons. The maximum atomic E-state index is 12.7. The number of carbonyl (C=O) groups is 1. The van der Waals surface area contributed by atoms with Gasteiger partial charge in [-0.15, -0.1) is 0 Å². The van der Waals surface area contributed by atoms with E-state index in [0.717, 1.165) is 16.9 Å². The van der Waals surface area contributed by atoms with Crippen LogP contribution in [0.5, 0.6) is 0 Å². The lowest BCUT2D eigenvalue weighted by Gasteiger charge is -2.03. The van der Waals surface area contributed by atoms with Crippen LogP contribution in [0.2, 0.25) is 0 Å². The van der Waals surface area contributed by atoms with Crippen molar-refractivity contribution in [1.82, 2.24) is 4.98 Å². The molecule has 0 saturated carbocycles. The van der Waals surface area contributed by atoms with Crippen molar-refractivity contribution in [2.45, 2.75) is 4.90 Å². The highest BCUT2D eigenvalue weighted by Crippen LogP contribution is 2.37. The average molecular weight is 543 g/mol. The molecule has 0 aliphatic heterocycles. The third-order valence-electron chi connectivity index (χ3n) is 5.38. The van der Waals surface area contributed by atoms with Crippen molar-refractivity contribution < 1.29 is 22.0 Å². The van der Waals surface area contributed by atoms with Crippen molar-refractivity contribution in [2.75, 3.05) is 5.32 Å². The van der Waals surface area contributed by atoms with Crippen LogP contribution < -0.4 is 10.5 Å². The van der Waals surface area contributed by atoms with Crippen LogP contribution in [0.15, 0.2) is 98.9 Å². The Labute approximate surface area is 221 Å². The van der Waals surface area contributed by atoms with E-state index in [0.29, 0.717) is 32.8 Å². The molecule has 0 fully saturated rings. The summed E-state index contributed by atoms with van der Waals surface area (Å²) in [6.07, 6.45) is 2.96. The summed E-state index contributed by atoms with van der Waals surface area (Å²) in [5, 5.41) is 18.7. The summed E-state index contributed by atoms with van der Waals surface area (Å²) in [4.78, 5) is 17.3. The van der Waals surface area contributed by atoms with Gasteiger partial charge in [-0.3, -0.25) is 4.79 Å². The minimum atomic E-state index is -3.80.